The number of benzene rings is 1. The van der Waals surface area contributed by atoms with Gasteiger partial charge >= 0.3 is 0 Å². The molecule has 4 heterocycles. The molecular weight excluding hydrogens is 382 g/mol. The van der Waals surface area contributed by atoms with Crippen LogP contribution in [0.2, 0.25) is 0 Å². The molecule has 7 heteroatoms. The Morgan fingerprint density at radius 1 is 1.17 bits per heavy atom. The molecule has 3 aromatic heterocycles. The number of hydrogen-bond donors (Lipinski definition) is 1. The molecule has 6 nitrogen and oxygen atoms in total. The third-order valence-electron chi connectivity index (χ3n) is 5.37. The zero-order valence-electron chi connectivity index (χ0n) is 16.4. The van der Waals surface area contributed by atoms with Crippen molar-refractivity contribution in [2.24, 2.45) is 0 Å². The molecule has 1 aliphatic heterocycles. The number of rotatable bonds is 3. The van der Waals surface area contributed by atoms with Crippen LogP contribution in [-0.2, 0) is 11.2 Å². The molecule has 0 bridgehead atoms. The van der Waals surface area contributed by atoms with Crippen LogP contribution in [0.5, 0.6) is 0 Å². The van der Waals surface area contributed by atoms with Gasteiger partial charge in [0.2, 0.25) is 5.91 Å². The number of anilines is 3. The average Bonchev–Trinajstić information content (AvgIpc) is 3.17. The number of nitrogens with zero attached hydrogens (tertiary/aromatic N) is 4. The maximum Gasteiger partial charge on any atom is 0.231 e. The van der Waals surface area contributed by atoms with Crippen molar-refractivity contribution in [2.45, 2.75) is 20.3 Å². The van der Waals surface area contributed by atoms with Crippen molar-refractivity contribution in [1.82, 2.24) is 15.0 Å². The molecule has 0 unspecified atom stereocenters. The average molecular weight is 401 g/mol. The van der Waals surface area contributed by atoms with Crippen LogP contribution in [0, 0.1) is 13.8 Å². The van der Waals surface area contributed by atoms with Gasteiger partial charge in [-0.25, -0.2) is 9.97 Å². The van der Waals surface area contributed by atoms with Crippen LogP contribution < -0.4 is 10.2 Å². The summed E-state index contributed by atoms with van der Waals surface area (Å²) >= 11 is 1.67. The minimum atomic E-state index is 0.116. The molecule has 0 saturated carbocycles. The fourth-order valence-electron chi connectivity index (χ4n) is 3.65. The van der Waals surface area contributed by atoms with Crippen molar-refractivity contribution < 1.29 is 4.79 Å². The standard InChI is InChI=1S/C22H19N5OS/c1-12-13(2)29-22-19(12)21(25-20(26-22)14-5-4-8-23-11-14)24-16-6-7-17-15(9-16)10-18(28)27(17)3/h4-9,11H,10H2,1-3H3,(H,24,25,26). The molecule has 0 radical (unpaired) electrons. The Labute approximate surface area is 172 Å². The summed E-state index contributed by atoms with van der Waals surface area (Å²) in [5.74, 6) is 1.53. The highest BCUT2D eigenvalue weighted by molar-refractivity contribution is 7.18. The first kappa shape index (κ1) is 17.8. The molecular formula is C22H19N5OS. The highest BCUT2D eigenvalue weighted by Gasteiger charge is 2.24. The predicted octanol–water partition coefficient (Wildman–Crippen LogP) is 4.63. The molecule has 0 atom stereocenters. The first-order valence-corrected chi connectivity index (χ1v) is 10.2. The summed E-state index contributed by atoms with van der Waals surface area (Å²) < 4.78 is 0. The first-order chi connectivity index (χ1) is 14.0. The maximum absolute atomic E-state index is 12.0. The number of pyridine rings is 1. The van der Waals surface area contributed by atoms with E-state index in [9.17, 15) is 4.79 Å². The van der Waals surface area contributed by atoms with Gasteiger partial charge in [-0.3, -0.25) is 9.78 Å². The summed E-state index contributed by atoms with van der Waals surface area (Å²) in [4.78, 5) is 29.7. The van der Waals surface area contributed by atoms with E-state index in [-0.39, 0.29) is 5.91 Å². The molecule has 5 rings (SSSR count). The fraction of sp³-hybridized carbons (Fsp3) is 0.182. The monoisotopic (exact) mass is 401 g/mol. The van der Waals surface area contributed by atoms with E-state index in [2.05, 4.69) is 24.1 Å². The van der Waals surface area contributed by atoms with Gasteiger partial charge in [0.1, 0.15) is 10.6 Å². The smallest absolute Gasteiger partial charge is 0.231 e. The van der Waals surface area contributed by atoms with Crippen LogP contribution in [0.15, 0.2) is 42.7 Å². The van der Waals surface area contributed by atoms with Gasteiger partial charge in [-0.15, -0.1) is 11.3 Å². The predicted molar refractivity (Wildman–Crippen MR) is 117 cm³/mol. The molecule has 4 aromatic rings. The topological polar surface area (TPSA) is 71.0 Å². The van der Waals surface area contributed by atoms with E-state index in [0.717, 1.165) is 38.5 Å². The minimum Gasteiger partial charge on any atom is -0.340 e. The number of likely N-dealkylation sites (N-methyl/N-ethyl adjacent to an activating group) is 1. The van der Waals surface area contributed by atoms with Gasteiger partial charge in [0.15, 0.2) is 5.82 Å². The number of carbonyl (C=O) groups excluding carboxylic acids is 1. The maximum atomic E-state index is 12.0. The van der Waals surface area contributed by atoms with Crippen LogP contribution in [0.3, 0.4) is 0 Å². The summed E-state index contributed by atoms with van der Waals surface area (Å²) in [7, 11) is 1.81. The van der Waals surface area contributed by atoms with E-state index in [0.29, 0.717) is 12.2 Å². The lowest BCUT2D eigenvalue weighted by molar-refractivity contribution is -0.117. The molecule has 29 heavy (non-hydrogen) atoms. The van der Waals surface area contributed by atoms with Gasteiger partial charge in [0, 0.05) is 41.3 Å². The summed E-state index contributed by atoms with van der Waals surface area (Å²) in [5, 5.41) is 4.51. The lowest BCUT2D eigenvalue weighted by Crippen LogP contribution is -2.20. The number of aryl methyl sites for hydroxylation is 2. The zero-order valence-corrected chi connectivity index (χ0v) is 17.2. The van der Waals surface area contributed by atoms with E-state index in [1.165, 1.54) is 10.4 Å². The highest BCUT2D eigenvalue weighted by Crippen LogP contribution is 2.37. The lowest BCUT2D eigenvalue weighted by Gasteiger charge is -2.13. The lowest BCUT2D eigenvalue weighted by atomic mass is 10.1. The fourth-order valence-corrected chi connectivity index (χ4v) is 4.68. The van der Waals surface area contributed by atoms with Gasteiger partial charge in [0.05, 0.1) is 11.8 Å². The van der Waals surface area contributed by atoms with Crippen molar-refractivity contribution in [3.05, 3.63) is 58.7 Å². The molecule has 144 valence electrons. The summed E-state index contributed by atoms with van der Waals surface area (Å²) in [5.41, 5.74) is 4.96. The van der Waals surface area contributed by atoms with Crippen molar-refractivity contribution >= 4 is 44.7 Å². The molecule has 1 aliphatic rings. The molecule has 1 N–H and O–H groups in total. The number of nitrogens with one attached hydrogen (secondary N) is 1. The van der Waals surface area contributed by atoms with Gasteiger partial charge in [0.25, 0.3) is 0 Å². The number of hydrogen-bond acceptors (Lipinski definition) is 6. The molecule has 0 saturated heterocycles. The number of carbonyl (C=O) groups is 1. The second-order valence-electron chi connectivity index (χ2n) is 7.20. The highest BCUT2D eigenvalue weighted by atomic mass is 32.1. The van der Waals surface area contributed by atoms with Crippen LogP contribution in [-0.4, -0.2) is 27.9 Å². The van der Waals surface area contributed by atoms with Crippen LogP contribution in [0.4, 0.5) is 17.2 Å². The summed E-state index contributed by atoms with van der Waals surface area (Å²) in [6, 6.07) is 9.84. The van der Waals surface area contributed by atoms with Gasteiger partial charge in [-0.1, -0.05) is 0 Å². The largest absolute Gasteiger partial charge is 0.340 e. The van der Waals surface area contributed by atoms with Crippen molar-refractivity contribution in [3.63, 3.8) is 0 Å². The Morgan fingerprint density at radius 2 is 2.03 bits per heavy atom. The second kappa shape index (κ2) is 6.63. The Balaban J connectivity index is 1.63. The zero-order chi connectivity index (χ0) is 20.1. The van der Waals surface area contributed by atoms with E-state index >= 15 is 0 Å². The SMILES string of the molecule is Cc1sc2nc(-c3cccnc3)nc(Nc3ccc4c(c3)CC(=O)N4C)c2c1C. The quantitative estimate of drug-likeness (QED) is 0.542. The molecule has 0 spiro atoms. The van der Waals surface area contributed by atoms with E-state index in [1.807, 2.05) is 37.4 Å². The Kier molecular flexibility index (Phi) is 4.06. The van der Waals surface area contributed by atoms with Gasteiger partial charge in [-0.2, -0.15) is 0 Å². The number of thiophene rings is 1. The number of amides is 1. The van der Waals surface area contributed by atoms with Crippen LogP contribution >= 0.6 is 11.3 Å². The van der Waals surface area contributed by atoms with E-state index < -0.39 is 0 Å². The Hall–Kier alpha value is -3.32. The molecule has 0 aliphatic carbocycles. The Morgan fingerprint density at radius 3 is 2.83 bits per heavy atom. The van der Waals surface area contributed by atoms with Crippen molar-refractivity contribution in [3.8, 4) is 11.4 Å². The number of aromatic nitrogens is 3. The normalized spacial score (nSPS) is 13.2. The van der Waals surface area contributed by atoms with E-state index in [4.69, 9.17) is 9.97 Å². The molecule has 1 amide bonds. The molecule has 0 fully saturated rings. The first-order valence-electron chi connectivity index (χ1n) is 9.36. The van der Waals surface area contributed by atoms with Crippen molar-refractivity contribution in [2.75, 3.05) is 17.3 Å². The van der Waals surface area contributed by atoms with E-state index in [1.54, 1.807) is 28.6 Å². The Bertz CT molecular complexity index is 1270. The van der Waals surface area contributed by atoms with Gasteiger partial charge in [-0.05, 0) is 55.3 Å². The summed E-state index contributed by atoms with van der Waals surface area (Å²) in [6.07, 6.45) is 3.94. The van der Waals surface area contributed by atoms with Crippen molar-refractivity contribution in [1.29, 1.82) is 0 Å². The third kappa shape index (κ3) is 2.94. The molecule has 1 aromatic carbocycles. The van der Waals surface area contributed by atoms with Crippen LogP contribution in [0.25, 0.3) is 21.6 Å². The van der Waals surface area contributed by atoms with Gasteiger partial charge < -0.3 is 10.2 Å². The minimum absolute atomic E-state index is 0.116. The second-order valence-corrected chi connectivity index (χ2v) is 8.40. The summed E-state index contributed by atoms with van der Waals surface area (Å²) in [6.45, 7) is 4.20. The van der Waals surface area contributed by atoms with Crippen LogP contribution in [0.1, 0.15) is 16.0 Å². The third-order valence-corrected chi connectivity index (χ3v) is 6.47. The number of fused-ring (bicyclic) bond motifs is 2.